The molecular weight excluding hydrogens is 416 g/mol. The van der Waals surface area contributed by atoms with Crippen LogP contribution in [0, 0.1) is 13.8 Å². The molecule has 0 bridgehead atoms. The van der Waals surface area contributed by atoms with Crippen molar-refractivity contribution in [3.05, 3.63) is 64.5 Å². The van der Waals surface area contributed by atoms with Gasteiger partial charge in [-0.1, -0.05) is 6.07 Å². The van der Waals surface area contributed by atoms with E-state index in [0.717, 1.165) is 27.3 Å². The molecule has 0 atom stereocenters. The van der Waals surface area contributed by atoms with Gasteiger partial charge in [-0.3, -0.25) is 20.4 Å². The molecule has 0 spiro atoms. The Balaban J connectivity index is 1.30. The Morgan fingerprint density at radius 1 is 0.935 bits per heavy atom. The third-order valence-corrected chi connectivity index (χ3v) is 5.95. The summed E-state index contributed by atoms with van der Waals surface area (Å²) in [5.41, 5.74) is 7.95. The number of nitrogens with one attached hydrogen (secondary N) is 2. The summed E-state index contributed by atoms with van der Waals surface area (Å²) in [6.45, 7) is 4.84. The second-order valence-electron chi connectivity index (χ2n) is 7.06. The fourth-order valence-corrected chi connectivity index (χ4v) is 3.89. The average Bonchev–Trinajstić information content (AvgIpc) is 3.28. The minimum absolute atomic E-state index is 0.199. The van der Waals surface area contributed by atoms with E-state index in [4.69, 9.17) is 14.2 Å². The van der Waals surface area contributed by atoms with Crippen LogP contribution in [0.5, 0.6) is 17.2 Å². The van der Waals surface area contributed by atoms with Crippen LogP contribution in [0.4, 0.5) is 0 Å². The summed E-state index contributed by atoms with van der Waals surface area (Å²) in [7, 11) is 0. The number of benzene rings is 2. The zero-order chi connectivity index (χ0) is 21.8. The SMILES string of the molecule is Cc1ccc(OCC(=O)NNC(=O)c2ccc(-c3ccc4c(c3)OCCO4)s2)cc1C. The van der Waals surface area contributed by atoms with Gasteiger partial charge in [0.15, 0.2) is 18.1 Å². The van der Waals surface area contributed by atoms with E-state index in [1.807, 2.05) is 50.2 Å². The highest BCUT2D eigenvalue weighted by Gasteiger charge is 2.15. The van der Waals surface area contributed by atoms with Crippen molar-refractivity contribution in [2.24, 2.45) is 0 Å². The Morgan fingerprint density at radius 2 is 1.74 bits per heavy atom. The Bertz CT molecular complexity index is 1120. The number of hydrazine groups is 1. The predicted molar refractivity (Wildman–Crippen MR) is 118 cm³/mol. The fraction of sp³-hybridized carbons (Fsp3) is 0.217. The van der Waals surface area contributed by atoms with Crippen LogP contribution in [0.1, 0.15) is 20.8 Å². The van der Waals surface area contributed by atoms with Crippen molar-refractivity contribution in [1.29, 1.82) is 0 Å². The molecule has 0 aliphatic carbocycles. The van der Waals surface area contributed by atoms with Crippen LogP contribution in [0.15, 0.2) is 48.5 Å². The maximum absolute atomic E-state index is 12.4. The van der Waals surface area contributed by atoms with Crippen molar-refractivity contribution in [3.63, 3.8) is 0 Å². The van der Waals surface area contributed by atoms with Crippen molar-refractivity contribution >= 4 is 23.2 Å². The highest BCUT2D eigenvalue weighted by atomic mass is 32.1. The van der Waals surface area contributed by atoms with Gasteiger partial charge in [0.1, 0.15) is 19.0 Å². The van der Waals surface area contributed by atoms with Gasteiger partial charge in [-0.05, 0) is 73.0 Å². The van der Waals surface area contributed by atoms with E-state index in [0.29, 0.717) is 29.6 Å². The lowest BCUT2D eigenvalue weighted by Gasteiger charge is -2.18. The summed E-state index contributed by atoms with van der Waals surface area (Å²) >= 11 is 1.32. The number of amides is 2. The number of fused-ring (bicyclic) bond motifs is 1. The number of thiophene rings is 1. The van der Waals surface area contributed by atoms with E-state index in [2.05, 4.69) is 10.9 Å². The highest BCUT2D eigenvalue weighted by molar-refractivity contribution is 7.17. The number of carbonyl (C=O) groups excluding carboxylic acids is 2. The Kier molecular flexibility index (Phi) is 6.08. The molecule has 0 radical (unpaired) electrons. The zero-order valence-electron chi connectivity index (χ0n) is 17.2. The summed E-state index contributed by atoms with van der Waals surface area (Å²) in [6, 6.07) is 14.9. The summed E-state index contributed by atoms with van der Waals surface area (Å²) < 4.78 is 16.6. The topological polar surface area (TPSA) is 85.9 Å². The number of aryl methyl sites for hydroxylation is 2. The summed E-state index contributed by atoms with van der Waals surface area (Å²) in [5, 5.41) is 0. The number of hydrogen-bond acceptors (Lipinski definition) is 6. The van der Waals surface area contributed by atoms with Crippen LogP contribution in [-0.4, -0.2) is 31.6 Å². The molecule has 3 aromatic rings. The van der Waals surface area contributed by atoms with Gasteiger partial charge >= 0.3 is 0 Å². The summed E-state index contributed by atoms with van der Waals surface area (Å²) in [4.78, 5) is 25.8. The first-order chi connectivity index (χ1) is 15.0. The summed E-state index contributed by atoms with van der Waals surface area (Å²) in [5.74, 6) is 1.17. The van der Waals surface area contributed by atoms with E-state index in [9.17, 15) is 9.59 Å². The number of carbonyl (C=O) groups is 2. The lowest BCUT2D eigenvalue weighted by molar-refractivity contribution is -0.123. The zero-order valence-corrected chi connectivity index (χ0v) is 18.0. The summed E-state index contributed by atoms with van der Waals surface area (Å²) in [6.07, 6.45) is 0. The maximum Gasteiger partial charge on any atom is 0.279 e. The molecule has 7 nitrogen and oxygen atoms in total. The van der Waals surface area contributed by atoms with Crippen LogP contribution in [0.25, 0.3) is 10.4 Å². The van der Waals surface area contributed by atoms with Gasteiger partial charge in [0.05, 0.1) is 4.88 Å². The molecule has 1 aromatic heterocycles. The second kappa shape index (κ2) is 9.09. The molecule has 0 saturated carbocycles. The fourth-order valence-electron chi connectivity index (χ4n) is 2.99. The van der Waals surface area contributed by atoms with Crippen LogP contribution in [-0.2, 0) is 4.79 Å². The Labute approximate surface area is 183 Å². The normalized spacial score (nSPS) is 12.2. The second-order valence-corrected chi connectivity index (χ2v) is 8.14. The van der Waals surface area contributed by atoms with Gasteiger partial charge in [0, 0.05) is 4.88 Å². The molecule has 2 heterocycles. The molecule has 31 heavy (non-hydrogen) atoms. The van der Waals surface area contributed by atoms with Gasteiger partial charge in [0.25, 0.3) is 11.8 Å². The van der Waals surface area contributed by atoms with Crippen molar-refractivity contribution in [2.75, 3.05) is 19.8 Å². The standard InChI is InChI=1S/C23H22N2O5S/c1-14-3-5-17(11-15(14)2)30-13-22(26)24-25-23(27)21-8-7-20(31-21)16-4-6-18-19(12-16)29-10-9-28-18/h3-8,11-12H,9-10,13H2,1-2H3,(H,24,26)(H,25,27). The van der Waals surface area contributed by atoms with Crippen molar-refractivity contribution in [3.8, 4) is 27.7 Å². The van der Waals surface area contributed by atoms with E-state index >= 15 is 0 Å². The van der Waals surface area contributed by atoms with E-state index in [1.54, 1.807) is 12.1 Å². The number of hydrogen-bond donors (Lipinski definition) is 2. The van der Waals surface area contributed by atoms with Crippen molar-refractivity contribution < 1.29 is 23.8 Å². The minimum atomic E-state index is -0.449. The Morgan fingerprint density at radius 3 is 2.55 bits per heavy atom. The first-order valence-electron chi connectivity index (χ1n) is 9.79. The monoisotopic (exact) mass is 438 g/mol. The van der Waals surface area contributed by atoms with Gasteiger partial charge in [-0.15, -0.1) is 11.3 Å². The van der Waals surface area contributed by atoms with Crippen molar-refractivity contribution in [1.82, 2.24) is 10.9 Å². The maximum atomic E-state index is 12.4. The molecule has 2 N–H and O–H groups in total. The quantitative estimate of drug-likeness (QED) is 0.594. The lowest BCUT2D eigenvalue weighted by atomic mass is 10.1. The third kappa shape index (κ3) is 4.97. The first kappa shape index (κ1) is 20.7. The molecule has 0 saturated heterocycles. The molecule has 0 unspecified atom stereocenters. The van der Waals surface area contributed by atoms with Crippen LogP contribution >= 0.6 is 11.3 Å². The minimum Gasteiger partial charge on any atom is -0.486 e. The number of rotatable bonds is 5. The van der Waals surface area contributed by atoms with Crippen LogP contribution in [0.2, 0.25) is 0 Å². The largest absolute Gasteiger partial charge is 0.486 e. The molecule has 1 aliphatic heterocycles. The first-order valence-corrected chi connectivity index (χ1v) is 10.6. The molecule has 2 amide bonds. The molecule has 8 heteroatoms. The molecular formula is C23H22N2O5S. The Hall–Kier alpha value is -3.52. The van der Waals surface area contributed by atoms with Gasteiger partial charge in [0.2, 0.25) is 0 Å². The number of ether oxygens (including phenoxy) is 3. The third-order valence-electron chi connectivity index (χ3n) is 4.82. The van der Waals surface area contributed by atoms with Gasteiger partial charge in [-0.25, -0.2) is 0 Å². The smallest absolute Gasteiger partial charge is 0.279 e. The lowest BCUT2D eigenvalue weighted by Crippen LogP contribution is -2.43. The predicted octanol–water partition coefficient (Wildman–Crippen LogP) is 3.64. The van der Waals surface area contributed by atoms with E-state index in [1.165, 1.54) is 11.3 Å². The van der Waals surface area contributed by atoms with Gasteiger partial charge in [-0.2, -0.15) is 0 Å². The molecule has 4 rings (SSSR count). The van der Waals surface area contributed by atoms with E-state index < -0.39 is 11.8 Å². The van der Waals surface area contributed by atoms with E-state index in [-0.39, 0.29) is 6.61 Å². The van der Waals surface area contributed by atoms with Crippen molar-refractivity contribution in [2.45, 2.75) is 13.8 Å². The van der Waals surface area contributed by atoms with Crippen LogP contribution < -0.4 is 25.1 Å². The molecule has 1 aliphatic rings. The van der Waals surface area contributed by atoms with Crippen LogP contribution in [0.3, 0.4) is 0 Å². The highest BCUT2D eigenvalue weighted by Crippen LogP contribution is 2.36. The van der Waals surface area contributed by atoms with Gasteiger partial charge < -0.3 is 14.2 Å². The molecule has 160 valence electrons. The molecule has 0 fully saturated rings. The average molecular weight is 439 g/mol. The molecule has 2 aromatic carbocycles.